The Bertz CT molecular complexity index is 598. The van der Waals surface area contributed by atoms with Gasteiger partial charge in [0.05, 0.1) is 0 Å². The van der Waals surface area contributed by atoms with Crippen LogP contribution in [0.4, 0.5) is 0 Å². The molecule has 0 spiro atoms. The van der Waals surface area contributed by atoms with Crippen molar-refractivity contribution < 1.29 is 0 Å². The first-order valence-electron chi connectivity index (χ1n) is 7.01. The molecule has 0 saturated carbocycles. The van der Waals surface area contributed by atoms with E-state index >= 15 is 0 Å². The molecule has 1 heteroatoms. The van der Waals surface area contributed by atoms with Crippen molar-refractivity contribution in [1.29, 1.82) is 0 Å². The summed E-state index contributed by atoms with van der Waals surface area (Å²) in [4.78, 5) is 2.87. The number of rotatable bonds is 1. The molecule has 0 aromatic heterocycles. The van der Waals surface area contributed by atoms with Crippen LogP contribution in [0.25, 0.3) is 0 Å². The third-order valence-electron chi connectivity index (χ3n) is 4.00. The quantitative estimate of drug-likeness (QED) is 0.663. The first kappa shape index (κ1) is 12.8. The molecular formula is C18H20S. The zero-order chi connectivity index (χ0) is 13.4. The third kappa shape index (κ3) is 2.44. The molecule has 1 unspecified atom stereocenters. The van der Waals surface area contributed by atoms with Crippen LogP contribution in [-0.4, -0.2) is 0 Å². The van der Waals surface area contributed by atoms with Crippen LogP contribution in [0.2, 0.25) is 0 Å². The van der Waals surface area contributed by atoms with Crippen LogP contribution in [0.1, 0.15) is 36.5 Å². The van der Waals surface area contributed by atoms with E-state index in [9.17, 15) is 0 Å². The molecule has 0 radical (unpaired) electrons. The molecule has 0 fully saturated rings. The zero-order valence-corrected chi connectivity index (χ0v) is 12.6. The van der Waals surface area contributed by atoms with Gasteiger partial charge in [0.2, 0.25) is 0 Å². The fourth-order valence-electron chi connectivity index (χ4n) is 2.88. The highest BCUT2D eigenvalue weighted by molar-refractivity contribution is 7.99. The Labute approximate surface area is 120 Å². The number of benzene rings is 2. The van der Waals surface area contributed by atoms with Crippen molar-refractivity contribution in [2.75, 3.05) is 0 Å². The summed E-state index contributed by atoms with van der Waals surface area (Å²) >= 11 is 1.93. The molecule has 0 aliphatic carbocycles. The molecule has 1 aliphatic heterocycles. The van der Waals surface area contributed by atoms with Crippen LogP contribution in [0.5, 0.6) is 0 Å². The lowest BCUT2D eigenvalue weighted by Crippen LogP contribution is -2.10. The van der Waals surface area contributed by atoms with Crippen molar-refractivity contribution in [2.24, 2.45) is 5.92 Å². The Balaban J connectivity index is 2.16. The highest BCUT2D eigenvalue weighted by Crippen LogP contribution is 2.44. The van der Waals surface area contributed by atoms with Gasteiger partial charge in [-0.3, -0.25) is 0 Å². The molecular weight excluding hydrogens is 248 g/mol. The van der Waals surface area contributed by atoms with E-state index in [-0.39, 0.29) is 0 Å². The maximum atomic E-state index is 2.39. The van der Waals surface area contributed by atoms with Crippen LogP contribution in [0, 0.1) is 12.8 Å². The molecule has 98 valence electrons. The van der Waals surface area contributed by atoms with E-state index in [2.05, 4.69) is 63.2 Å². The maximum Gasteiger partial charge on any atom is 0.0157 e. The molecule has 1 heterocycles. The highest BCUT2D eigenvalue weighted by atomic mass is 32.2. The molecule has 1 aliphatic rings. The summed E-state index contributed by atoms with van der Waals surface area (Å²) in [5, 5.41) is 0. The number of hydrogen-bond donors (Lipinski definition) is 0. The van der Waals surface area contributed by atoms with Crippen molar-refractivity contribution in [1.82, 2.24) is 0 Å². The monoisotopic (exact) mass is 268 g/mol. The summed E-state index contributed by atoms with van der Waals surface area (Å²) in [6.07, 6.45) is 1.16. The molecule has 19 heavy (non-hydrogen) atoms. The molecule has 0 amide bonds. The van der Waals surface area contributed by atoms with E-state index in [4.69, 9.17) is 0 Å². The van der Waals surface area contributed by atoms with Gasteiger partial charge in [-0.15, -0.1) is 0 Å². The Hall–Kier alpha value is -1.21. The molecule has 1 atom stereocenters. The second-order valence-electron chi connectivity index (χ2n) is 5.81. The lowest BCUT2D eigenvalue weighted by atomic mass is 9.83. The SMILES string of the molecule is Cc1ccc2c(c1)C(C(C)C)Cc1ccccc1S2. The Kier molecular flexibility index (Phi) is 3.40. The summed E-state index contributed by atoms with van der Waals surface area (Å²) in [6.45, 7) is 6.88. The maximum absolute atomic E-state index is 2.39. The minimum Gasteiger partial charge on any atom is -0.0895 e. The van der Waals surface area contributed by atoms with Crippen LogP contribution in [0.3, 0.4) is 0 Å². The van der Waals surface area contributed by atoms with Gasteiger partial charge in [-0.1, -0.05) is 61.5 Å². The number of fused-ring (bicyclic) bond motifs is 2. The largest absolute Gasteiger partial charge is 0.0895 e. The normalized spacial score (nSPS) is 17.8. The summed E-state index contributed by atoms with van der Waals surface area (Å²) in [5.74, 6) is 1.30. The summed E-state index contributed by atoms with van der Waals surface area (Å²) in [6, 6.07) is 15.8. The predicted molar refractivity (Wildman–Crippen MR) is 83.0 cm³/mol. The van der Waals surface area contributed by atoms with Crippen LogP contribution in [0.15, 0.2) is 52.3 Å². The van der Waals surface area contributed by atoms with E-state index < -0.39 is 0 Å². The lowest BCUT2D eigenvalue weighted by molar-refractivity contribution is 0.488. The topological polar surface area (TPSA) is 0 Å². The third-order valence-corrected chi connectivity index (χ3v) is 5.21. The molecule has 0 bridgehead atoms. The zero-order valence-electron chi connectivity index (χ0n) is 11.8. The second kappa shape index (κ2) is 5.05. The predicted octanol–water partition coefficient (Wildman–Crippen LogP) is 5.44. The van der Waals surface area contributed by atoms with Crippen molar-refractivity contribution in [2.45, 2.75) is 42.9 Å². The average molecular weight is 268 g/mol. The average Bonchev–Trinajstić information content (AvgIpc) is 2.55. The van der Waals surface area contributed by atoms with E-state index in [0.29, 0.717) is 11.8 Å². The van der Waals surface area contributed by atoms with Gasteiger partial charge in [-0.05, 0) is 48.4 Å². The molecule has 2 aromatic carbocycles. The van der Waals surface area contributed by atoms with Crippen LogP contribution >= 0.6 is 11.8 Å². The number of aryl methyl sites for hydroxylation is 1. The second-order valence-corrected chi connectivity index (χ2v) is 6.89. The number of hydrogen-bond acceptors (Lipinski definition) is 1. The Morgan fingerprint density at radius 2 is 1.84 bits per heavy atom. The van der Waals surface area contributed by atoms with Gasteiger partial charge >= 0.3 is 0 Å². The van der Waals surface area contributed by atoms with Crippen LogP contribution in [-0.2, 0) is 6.42 Å². The summed E-state index contributed by atoms with van der Waals surface area (Å²) in [7, 11) is 0. The van der Waals surface area contributed by atoms with E-state index in [1.165, 1.54) is 26.5 Å². The molecule has 0 nitrogen and oxygen atoms in total. The minimum absolute atomic E-state index is 0.631. The van der Waals surface area contributed by atoms with Gasteiger partial charge in [0.15, 0.2) is 0 Å². The molecule has 2 aromatic rings. The van der Waals surface area contributed by atoms with Gasteiger partial charge in [0.25, 0.3) is 0 Å². The highest BCUT2D eigenvalue weighted by Gasteiger charge is 2.24. The lowest BCUT2D eigenvalue weighted by Gasteiger charge is -2.22. The Morgan fingerprint density at radius 1 is 1.05 bits per heavy atom. The summed E-state index contributed by atoms with van der Waals surface area (Å²) in [5.41, 5.74) is 4.41. The smallest absolute Gasteiger partial charge is 0.0157 e. The minimum atomic E-state index is 0.631. The van der Waals surface area contributed by atoms with Crippen molar-refractivity contribution in [3.05, 3.63) is 59.2 Å². The van der Waals surface area contributed by atoms with E-state index in [1.807, 2.05) is 11.8 Å². The van der Waals surface area contributed by atoms with Gasteiger partial charge in [0.1, 0.15) is 0 Å². The fraction of sp³-hybridized carbons (Fsp3) is 0.333. The molecule has 0 saturated heterocycles. The molecule has 0 N–H and O–H groups in total. The van der Waals surface area contributed by atoms with Gasteiger partial charge in [-0.2, -0.15) is 0 Å². The van der Waals surface area contributed by atoms with E-state index in [0.717, 1.165) is 6.42 Å². The Morgan fingerprint density at radius 3 is 2.63 bits per heavy atom. The van der Waals surface area contributed by atoms with Gasteiger partial charge in [0, 0.05) is 9.79 Å². The van der Waals surface area contributed by atoms with Crippen molar-refractivity contribution in [3.63, 3.8) is 0 Å². The first-order valence-corrected chi connectivity index (χ1v) is 7.83. The standard InChI is InChI=1S/C18H20S/c1-12(2)15-11-14-6-4-5-7-17(14)19-18-9-8-13(3)10-16(15)18/h4-10,12,15H,11H2,1-3H3. The van der Waals surface area contributed by atoms with Gasteiger partial charge in [-0.25, -0.2) is 0 Å². The van der Waals surface area contributed by atoms with Gasteiger partial charge < -0.3 is 0 Å². The fourth-order valence-corrected chi connectivity index (χ4v) is 4.01. The van der Waals surface area contributed by atoms with Crippen LogP contribution < -0.4 is 0 Å². The van der Waals surface area contributed by atoms with E-state index in [1.54, 1.807) is 0 Å². The first-order chi connectivity index (χ1) is 9.15. The van der Waals surface area contributed by atoms with Crippen molar-refractivity contribution in [3.8, 4) is 0 Å². The molecule has 3 rings (SSSR count). The van der Waals surface area contributed by atoms with Crippen molar-refractivity contribution >= 4 is 11.8 Å². The summed E-state index contributed by atoms with van der Waals surface area (Å²) < 4.78 is 0.